The molecule has 0 amide bonds. The van der Waals surface area contributed by atoms with Crippen LogP contribution in [0.3, 0.4) is 0 Å². The van der Waals surface area contributed by atoms with Gasteiger partial charge < -0.3 is 15.0 Å². The van der Waals surface area contributed by atoms with Gasteiger partial charge >= 0.3 is 0 Å². The predicted octanol–water partition coefficient (Wildman–Crippen LogP) is 11.0. The average molecular weight is 806 g/mol. The van der Waals surface area contributed by atoms with Gasteiger partial charge in [-0.2, -0.15) is 0 Å². The van der Waals surface area contributed by atoms with Crippen LogP contribution in [0, 0.1) is 38.3 Å². The van der Waals surface area contributed by atoms with E-state index in [0.29, 0.717) is 5.41 Å². The zero-order valence-electron chi connectivity index (χ0n) is 29.2. The maximum Gasteiger partial charge on any atom is 0.0242 e. The van der Waals surface area contributed by atoms with Gasteiger partial charge in [0.1, 0.15) is 0 Å². The summed E-state index contributed by atoms with van der Waals surface area (Å²) in [6.45, 7) is 17.7. The summed E-state index contributed by atoms with van der Waals surface area (Å²) in [4.78, 5) is 13.4. The van der Waals surface area contributed by atoms with Crippen molar-refractivity contribution in [2.24, 2.45) is 5.41 Å². The minimum Gasteiger partial charge on any atom is -0.360 e. The van der Waals surface area contributed by atoms with E-state index in [1.54, 1.807) is 6.20 Å². The second-order valence-corrected chi connectivity index (χ2v) is 14.5. The molecule has 3 aromatic heterocycles. The minimum atomic E-state index is 0. The number of benzene rings is 3. The van der Waals surface area contributed by atoms with E-state index in [1.165, 1.54) is 55.6 Å². The fraction of sp³-hybridized carbons (Fsp3) is 0.250. The molecule has 0 saturated carbocycles. The Hall–Kier alpha value is -4.24. The van der Waals surface area contributed by atoms with Gasteiger partial charge in [-0.3, -0.25) is 0 Å². The molecule has 0 atom stereocenters. The molecular weight excluding hydrogens is 763 g/mol. The van der Waals surface area contributed by atoms with Crippen LogP contribution in [0.1, 0.15) is 68.0 Å². The van der Waals surface area contributed by atoms with Gasteiger partial charge in [-0.15, -0.1) is 47.0 Å². The van der Waals surface area contributed by atoms with Crippen LogP contribution in [-0.4, -0.2) is 15.0 Å². The summed E-state index contributed by atoms with van der Waals surface area (Å²) in [5, 5.41) is 0. The van der Waals surface area contributed by atoms with Crippen LogP contribution < -0.4 is 0 Å². The number of aromatic nitrogens is 3. The molecule has 4 heteroatoms. The summed E-state index contributed by atoms with van der Waals surface area (Å²) in [5.41, 5.74) is 17.1. The van der Waals surface area contributed by atoms with E-state index in [4.69, 9.17) is 0 Å². The Labute approximate surface area is 300 Å². The van der Waals surface area contributed by atoms with E-state index in [-0.39, 0.29) is 25.5 Å². The van der Waals surface area contributed by atoms with Crippen LogP contribution in [0.25, 0.3) is 44.8 Å². The number of hydrogen-bond acceptors (Lipinski definition) is 3. The Kier molecular flexibility index (Phi) is 10.3. The third-order valence-electron chi connectivity index (χ3n) is 9.15. The smallest absolute Gasteiger partial charge is 0.0242 e. The molecule has 0 fully saturated rings. The van der Waals surface area contributed by atoms with Gasteiger partial charge in [-0.05, 0) is 70.5 Å². The molecule has 3 heterocycles. The molecule has 48 heavy (non-hydrogen) atoms. The third-order valence-corrected chi connectivity index (χ3v) is 9.15. The van der Waals surface area contributed by atoms with Crippen LogP contribution in [0.4, 0.5) is 0 Å². The van der Waals surface area contributed by atoms with E-state index in [9.17, 15) is 0 Å². The summed E-state index contributed by atoms with van der Waals surface area (Å²) in [6.07, 6.45) is 8.56. The fourth-order valence-electron chi connectivity index (χ4n) is 6.42. The summed E-state index contributed by atoms with van der Waals surface area (Å²) in [6, 6.07) is 34.6. The molecule has 245 valence electrons. The Morgan fingerprint density at radius 3 is 2.06 bits per heavy atom. The van der Waals surface area contributed by atoms with E-state index >= 15 is 0 Å². The molecule has 1 radical (unpaired) electrons. The first kappa shape index (κ1) is 35.1. The maximum atomic E-state index is 4.61. The molecule has 0 bridgehead atoms. The monoisotopic (exact) mass is 806 g/mol. The zero-order valence-corrected chi connectivity index (χ0v) is 31.6. The second kappa shape index (κ2) is 14.1. The quantitative estimate of drug-likeness (QED) is 0.167. The summed E-state index contributed by atoms with van der Waals surface area (Å²) in [7, 11) is 0. The molecule has 0 N–H and O–H groups in total. The number of hydrogen-bond donors (Lipinski definition) is 0. The van der Waals surface area contributed by atoms with E-state index in [2.05, 4.69) is 155 Å². The fourth-order valence-corrected chi connectivity index (χ4v) is 6.42. The Morgan fingerprint density at radius 1 is 0.667 bits per heavy atom. The predicted molar refractivity (Wildman–Crippen MR) is 195 cm³/mol. The SMILES string of the molecule is CC1(C)c2ccccc2-c2cnc(-c3[c-]ccnc3)cc21.Cc1cnc(-c2[c-]cc(C)c(-c3ccc(CC(C)(C)C)cc3)c2)cc1C.[Ir]. The largest absolute Gasteiger partial charge is 0.360 e. The second-order valence-electron chi connectivity index (χ2n) is 14.5. The van der Waals surface area contributed by atoms with E-state index in [0.717, 1.165) is 28.9 Å². The number of aryl methyl sites for hydroxylation is 3. The summed E-state index contributed by atoms with van der Waals surface area (Å²) in [5.74, 6) is 0. The molecule has 0 spiro atoms. The Morgan fingerprint density at radius 2 is 1.38 bits per heavy atom. The van der Waals surface area contributed by atoms with Gasteiger partial charge in [0.2, 0.25) is 0 Å². The van der Waals surface area contributed by atoms with Gasteiger partial charge in [0, 0.05) is 43.5 Å². The first-order chi connectivity index (χ1) is 22.4. The van der Waals surface area contributed by atoms with Crippen molar-refractivity contribution in [3.8, 4) is 44.8 Å². The molecule has 0 aliphatic heterocycles. The first-order valence-electron chi connectivity index (χ1n) is 16.4. The van der Waals surface area contributed by atoms with Crippen LogP contribution in [-0.2, 0) is 31.9 Å². The van der Waals surface area contributed by atoms with Gasteiger partial charge in [-0.25, -0.2) is 0 Å². The normalized spacial score (nSPS) is 12.7. The zero-order chi connectivity index (χ0) is 33.3. The maximum absolute atomic E-state index is 4.61. The number of nitrogens with zero attached hydrogens (tertiary/aromatic N) is 3. The molecule has 0 saturated heterocycles. The standard InChI is InChI=1S/C25H28N.C19H15N2.Ir/c1-17-7-10-22(24-13-18(2)19(3)16-26-24)14-23(17)21-11-8-20(9-12-21)15-25(4,5)6;1-19(2)16-8-4-3-7-14(16)15-12-21-18(10-17(15)19)13-6-5-9-20-11-13;/h7-9,11-14,16H,15H2,1-6H3;3-5,7-12H,1-2H3;/q2*-1;. The summed E-state index contributed by atoms with van der Waals surface area (Å²) < 4.78 is 0. The van der Waals surface area contributed by atoms with Crippen molar-refractivity contribution in [3.63, 3.8) is 0 Å². The molecule has 6 aromatic rings. The van der Waals surface area contributed by atoms with Crippen LogP contribution >= 0.6 is 0 Å². The van der Waals surface area contributed by atoms with Crippen molar-refractivity contribution in [3.05, 3.63) is 149 Å². The average Bonchev–Trinajstić information content (AvgIpc) is 3.29. The van der Waals surface area contributed by atoms with Gasteiger partial charge in [0.05, 0.1) is 0 Å². The van der Waals surface area contributed by atoms with Crippen LogP contribution in [0.5, 0.6) is 0 Å². The molecule has 3 aromatic carbocycles. The number of pyridine rings is 3. The number of rotatable bonds is 4. The van der Waals surface area contributed by atoms with E-state index in [1.807, 2.05) is 24.7 Å². The Balaban J connectivity index is 0.000000187. The topological polar surface area (TPSA) is 38.7 Å². The molecular formula is C44H43IrN3-2. The van der Waals surface area contributed by atoms with Gasteiger partial charge in [0.25, 0.3) is 0 Å². The third kappa shape index (κ3) is 7.41. The minimum absolute atomic E-state index is 0. The van der Waals surface area contributed by atoms with Crippen LogP contribution in [0.15, 0.2) is 104 Å². The van der Waals surface area contributed by atoms with Gasteiger partial charge in [-0.1, -0.05) is 126 Å². The molecule has 7 rings (SSSR count). The Bertz CT molecular complexity index is 2040. The van der Waals surface area contributed by atoms with Crippen molar-refractivity contribution in [1.29, 1.82) is 0 Å². The molecule has 0 unspecified atom stereocenters. The molecule has 1 aliphatic rings. The molecule has 1 aliphatic carbocycles. The van der Waals surface area contributed by atoms with Gasteiger partial charge in [0.15, 0.2) is 0 Å². The van der Waals surface area contributed by atoms with Crippen molar-refractivity contribution in [1.82, 2.24) is 15.0 Å². The van der Waals surface area contributed by atoms with E-state index < -0.39 is 0 Å². The number of fused-ring (bicyclic) bond motifs is 3. The van der Waals surface area contributed by atoms with Crippen LogP contribution in [0.2, 0.25) is 0 Å². The first-order valence-corrected chi connectivity index (χ1v) is 16.4. The van der Waals surface area contributed by atoms with Crippen molar-refractivity contribution in [2.75, 3.05) is 0 Å². The van der Waals surface area contributed by atoms with Crippen molar-refractivity contribution < 1.29 is 20.1 Å². The summed E-state index contributed by atoms with van der Waals surface area (Å²) >= 11 is 0. The van der Waals surface area contributed by atoms with Crippen molar-refractivity contribution >= 4 is 0 Å². The van der Waals surface area contributed by atoms with Crippen molar-refractivity contribution in [2.45, 2.75) is 67.2 Å². The molecule has 3 nitrogen and oxygen atoms in total.